The molecule has 9 nitrogen and oxygen atoms in total. The zero-order chi connectivity index (χ0) is 14.7. The highest BCUT2D eigenvalue weighted by Gasteiger charge is 2.05. The van der Waals surface area contributed by atoms with Crippen LogP contribution >= 0.6 is 0 Å². The Hall–Kier alpha value is -2.97. The second-order valence-corrected chi connectivity index (χ2v) is 4.49. The molecule has 0 radical (unpaired) electrons. The second-order valence-electron chi connectivity index (χ2n) is 4.49. The molecule has 3 N–H and O–H groups in total. The molecule has 108 valence electrons. The number of aryl methyl sites for hydroxylation is 1. The van der Waals surface area contributed by atoms with Gasteiger partial charge in [-0.25, -0.2) is 4.98 Å². The summed E-state index contributed by atoms with van der Waals surface area (Å²) >= 11 is 0. The normalized spacial score (nSPS) is 10.7. The minimum Gasteiger partial charge on any atom is -0.368 e. The molecule has 0 aliphatic carbocycles. The quantitative estimate of drug-likeness (QED) is 0.691. The van der Waals surface area contributed by atoms with Crippen molar-refractivity contribution in [1.29, 1.82) is 0 Å². The van der Waals surface area contributed by atoms with E-state index in [1.54, 1.807) is 23.3 Å². The highest BCUT2D eigenvalue weighted by atomic mass is 15.3. The number of nitrogens with one attached hydrogen (secondary N) is 1. The molecule has 3 aromatic heterocycles. The molecule has 3 aromatic rings. The Morgan fingerprint density at radius 3 is 2.90 bits per heavy atom. The lowest BCUT2D eigenvalue weighted by molar-refractivity contribution is 0.635. The summed E-state index contributed by atoms with van der Waals surface area (Å²) in [5.41, 5.74) is 6.82. The lowest BCUT2D eigenvalue weighted by atomic mass is 10.4. The summed E-state index contributed by atoms with van der Waals surface area (Å²) in [5, 5.41) is 7.32. The number of nitrogens with two attached hydrogens (primary N) is 1. The predicted octanol–water partition coefficient (Wildman–Crippen LogP) is 0.257. The predicted molar refractivity (Wildman–Crippen MR) is 76.8 cm³/mol. The van der Waals surface area contributed by atoms with Crippen LogP contribution in [0.1, 0.15) is 5.56 Å². The summed E-state index contributed by atoms with van der Waals surface area (Å²) in [5.74, 6) is 1.01. The number of rotatable bonds is 5. The molecule has 0 spiro atoms. The van der Waals surface area contributed by atoms with Crippen molar-refractivity contribution in [3.8, 4) is 5.95 Å². The minimum atomic E-state index is 0.158. The van der Waals surface area contributed by atoms with Gasteiger partial charge in [0.1, 0.15) is 6.33 Å². The minimum absolute atomic E-state index is 0.158. The average molecular weight is 285 g/mol. The molecule has 0 aromatic carbocycles. The van der Waals surface area contributed by atoms with Gasteiger partial charge in [-0.1, -0.05) is 0 Å². The monoisotopic (exact) mass is 285 g/mol. The summed E-state index contributed by atoms with van der Waals surface area (Å²) in [4.78, 5) is 16.4. The topological polar surface area (TPSA) is 112 Å². The van der Waals surface area contributed by atoms with Crippen molar-refractivity contribution in [2.45, 2.75) is 13.5 Å². The molecule has 3 heterocycles. The first-order chi connectivity index (χ1) is 10.2. The van der Waals surface area contributed by atoms with Gasteiger partial charge in [0, 0.05) is 25.1 Å². The summed E-state index contributed by atoms with van der Waals surface area (Å²) in [6.07, 6.45) is 8.78. The number of hydrogen-bond acceptors (Lipinski definition) is 7. The van der Waals surface area contributed by atoms with Crippen molar-refractivity contribution in [3.63, 3.8) is 0 Å². The van der Waals surface area contributed by atoms with Crippen molar-refractivity contribution >= 4 is 11.9 Å². The number of nitrogen functional groups attached to an aromatic ring is 1. The molecule has 0 aliphatic heterocycles. The van der Waals surface area contributed by atoms with E-state index >= 15 is 0 Å². The Balaban J connectivity index is 1.68. The third-order valence-electron chi connectivity index (χ3n) is 2.76. The number of anilines is 2. The van der Waals surface area contributed by atoms with Crippen LogP contribution in [0.25, 0.3) is 5.95 Å². The van der Waals surface area contributed by atoms with Crippen molar-refractivity contribution in [2.24, 2.45) is 0 Å². The van der Waals surface area contributed by atoms with Gasteiger partial charge in [0.25, 0.3) is 0 Å². The van der Waals surface area contributed by atoms with Gasteiger partial charge < -0.3 is 11.1 Å². The highest BCUT2D eigenvalue weighted by Crippen LogP contribution is 2.06. The Kier molecular flexibility index (Phi) is 3.46. The molecule has 0 aliphatic rings. The zero-order valence-electron chi connectivity index (χ0n) is 11.5. The first-order valence-corrected chi connectivity index (χ1v) is 6.43. The smallest absolute Gasteiger partial charge is 0.241 e. The van der Waals surface area contributed by atoms with E-state index in [1.165, 1.54) is 0 Å². The maximum atomic E-state index is 5.70. The number of hydrogen-bond donors (Lipinski definition) is 2. The molecule has 0 atom stereocenters. The molecule has 0 amide bonds. The maximum absolute atomic E-state index is 5.70. The van der Waals surface area contributed by atoms with Gasteiger partial charge in [0.15, 0.2) is 0 Å². The summed E-state index contributed by atoms with van der Waals surface area (Å²) < 4.78 is 3.52. The first-order valence-electron chi connectivity index (χ1n) is 6.43. The summed E-state index contributed by atoms with van der Waals surface area (Å²) in [6.45, 7) is 3.34. The molecule has 0 fully saturated rings. The molecule has 9 heteroatoms. The molecule has 3 rings (SSSR count). The van der Waals surface area contributed by atoms with Gasteiger partial charge in [-0.05, 0) is 12.5 Å². The van der Waals surface area contributed by atoms with Gasteiger partial charge in [-0.2, -0.15) is 20.1 Å². The van der Waals surface area contributed by atoms with E-state index in [-0.39, 0.29) is 5.95 Å². The van der Waals surface area contributed by atoms with Gasteiger partial charge >= 0.3 is 0 Å². The van der Waals surface area contributed by atoms with E-state index in [0.29, 0.717) is 25.0 Å². The Labute approximate surface area is 120 Å². The lowest BCUT2D eigenvalue weighted by Crippen LogP contribution is -2.15. The van der Waals surface area contributed by atoms with E-state index in [4.69, 9.17) is 5.73 Å². The van der Waals surface area contributed by atoms with Crippen LogP contribution in [0, 0.1) is 6.92 Å². The van der Waals surface area contributed by atoms with Gasteiger partial charge in [0.05, 0.1) is 12.7 Å². The van der Waals surface area contributed by atoms with Gasteiger partial charge in [0.2, 0.25) is 17.8 Å². The fraction of sp³-hybridized carbons (Fsp3) is 0.250. The Bertz CT molecular complexity index is 716. The highest BCUT2D eigenvalue weighted by molar-refractivity contribution is 5.34. The molecule has 21 heavy (non-hydrogen) atoms. The van der Waals surface area contributed by atoms with Crippen molar-refractivity contribution in [2.75, 3.05) is 17.6 Å². The van der Waals surface area contributed by atoms with Gasteiger partial charge in [-0.15, -0.1) is 0 Å². The van der Waals surface area contributed by atoms with Crippen LogP contribution < -0.4 is 11.1 Å². The maximum Gasteiger partial charge on any atom is 0.241 e. The van der Waals surface area contributed by atoms with E-state index in [0.717, 1.165) is 5.56 Å². The van der Waals surface area contributed by atoms with Crippen molar-refractivity contribution < 1.29 is 0 Å². The zero-order valence-corrected chi connectivity index (χ0v) is 11.5. The summed E-state index contributed by atoms with van der Waals surface area (Å²) in [7, 11) is 0. The van der Waals surface area contributed by atoms with Crippen LogP contribution in [0.2, 0.25) is 0 Å². The van der Waals surface area contributed by atoms with E-state index in [2.05, 4.69) is 30.4 Å². The Morgan fingerprint density at radius 1 is 1.29 bits per heavy atom. The van der Waals surface area contributed by atoms with E-state index in [1.807, 2.05) is 24.0 Å². The van der Waals surface area contributed by atoms with Crippen LogP contribution in [-0.2, 0) is 6.54 Å². The van der Waals surface area contributed by atoms with E-state index in [9.17, 15) is 0 Å². The van der Waals surface area contributed by atoms with Crippen LogP contribution in [0.5, 0.6) is 0 Å². The van der Waals surface area contributed by atoms with Crippen molar-refractivity contribution in [1.82, 2.24) is 34.3 Å². The molecule has 0 bridgehead atoms. The molecular weight excluding hydrogens is 270 g/mol. The fourth-order valence-electron chi connectivity index (χ4n) is 1.82. The van der Waals surface area contributed by atoms with Crippen LogP contribution in [0.15, 0.2) is 31.1 Å². The third kappa shape index (κ3) is 3.14. The largest absolute Gasteiger partial charge is 0.368 e. The second kappa shape index (κ2) is 5.57. The Morgan fingerprint density at radius 2 is 2.19 bits per heavy atom. The van der Waals surface area contributed by atoms with E-state index < -0.39 is 0 Å². The molecule has 0 saturated carbocycles. The van der Waals surface area contributed by atoms with Crippen molar-refractivity contribution in [3.05, 3.63) is 36.7 Å². The lowest BCUT2D eigenvalue weighted by Gasteiger charge is -2.07. The molecule has 0 unspecified atom stereocenters. The fourth-order valence-corrected chi connectivity index (χ4v) is 1.82. The number of nitrogens with zero attached hydrogens (tertiary/aromatic N) is 7. The number of aromatic nitrogens is 7. The molecular formula is C12H15N9. The SMILES string of the molecule is Cc1cnn(CCNc2nc(N)nc(-n3ccnc3)n2)c1. The average Bonchev–Trinajstić information content (AvgIpc) is 3.10. The van der Waals surface area contributed by atoms with Gasteiger partial charge in [-0.3, -0.25) is 9.25 Å². The summed E-state index contributed by atoms with van der Waals surface area (Å²) in [6, 6.07) is 0. The number of imidazole rings is 1. The van der Waals surface area contributed by atoms with Crippen LogP contribution in [-0.4, -0.2) is 40.8 Å². The molecule has 0 saturated heterocycles. The standard InChI is InChI=1S/C12H15N9/c1-9-6-16-21(7-9)5-3-15-11-17-10(13)18-12(19-11)20-4-2-14-8-20/h2,4,6-8H,3,5H2,1H3,(H3,13,15,17,18,19). The van der Waals surface area contributed by atoms with Crippen LogP contribution in [0.4, 0.5) is 11.9 Å². The van der Waals surface area contributed by atoms with Crippen LogP contribution in [0.3, 0.4) is 0 Å². The first kappa shape index (κ1) is 13.0. The third-order valence-corrected chi connectivity index (χ3v) is 2.76.